The van der Waals surface area contributed by atoms with E-state index in [1.807, 2.05) is 62.5 Å². The van der Waals surface area contributed by atoms with E-state index >= 15 is 0 Å². The van der Waals surface area contributed by atoms with E-state index < -0.39 is 5.41 Å². The minimum Gasteiger partial charge on any atom is -0.486 e. The molecule has 29 heavy (non-hydrogen) atoms. The number of benzene rings is 2. The monoisotopic (exact) mass is 411 g/mol. The molecule has 0 atom stereocenters. The van der Waals surface area contributed by atoms with E-state index in [2.05, 4.69) is 10.4 Å². The molecule has 4 rings (SSSR count). The second-order valence-corrected chi connectivity index (χ2v) is 7.87. The molecule has 0 bridgehead atoms. The molecule has 1 N–H and O–H groups in total. The Morgan fingerprint density at radius 3 is 2.62 bits per heavy atom. The minimum absolute atomic E-state index is 0.0755. The molecule has 1 aliphatic rings. The molecule has 1 amide bonds. The molecule has 2 heterocycles. The van der Waals surface area contributed by atoms with Crippen LogP contribution < -0.4 is 14.8 Å². The number of fused-ring (bicyclic) bond motifs is 1. The fourth-order valence-corrected chi connectivity index (χ4v) is 3.28. The lowest BCUT2D eigenvalue weighted by atomic mass is 9.83. The average molecular weight is 412 g/mol. The number of nitrogens with zero attached hydrogens (tertiary/aromatic N) is 2. The number of nitrogens with one attached hydrogen (secondary N) is 1. The quantitative estimate of drug-likeness (QED) is 0.691. The van der Waals surface area contributed by atoms with Crippen LogP contribution in [0.15, 0.2) is 54.9 Å². The van der Waals surface area contributed by atoms with Crippen molar-refractivity contribution in [1.29, 1.82) is 0 Å². The second-order valence-electron chi connectivity index (χ2n) is 7.44. The van der Waals surface area contributed by atoms with Crippen molar-refractivity contribution in [2.24, 2.45) is 0 Å². The van der Waals surface area contributed by atoms with Crippen molar-refractivity contribution in [2.45, 2.75) is 25.8 Å². The highest BCUT2D eigenvalue weighted by Crippen LogP contribution is 2.35. The van der Waals surface area contributed by atoms with Gasteiger partial charge < -0.3 is 14.8 Å². The Balaban J connectivity index is 1.43. The van der Waals surface area contributed by atoms with E-state index in [-0.39, 0.29) is 5.91 Å². The van der Waals surface area contributed by atoms with Gasteiger partial charge in [-0.05, 0) is 55.8 Å². The summed E-state index contributed by atoms with van der Waals surface area (Å²) in [6.07, 6.45) is 3.63. The largest absolute Gasteiger partial charge is 0.486 e. The van der Waals surface area contributed by atoms with Gasteiger partial charge in [0.2, 0.25) is 5.91 Å². The van der Waals surface area contributed by atoms with Crippen LogP contribution in [0.3, 0.4) is 0 Å². The standard InChI is InChI=1S/C22H22ClN3O3/c1-22(2,16-3-8-19-20(11-16)29-10-9-28-19)21(27)24-12-15-13-25-26(14-15)18-6-4-17(23)5-7-18/h3-8,11,13-14H,9-10,12H2,1-2H3,(H,24,27). The summed E-state index contributed by atoms with van der Waals surface area (Å²) in [5, 5.41) is 8.04. The molecular formula is C22H22ClN3O3. The van der Waals surface area contributed by atoms with Crippen molar-refractivity contribution in [2.75, 3.05) is 13.2 Å². The zero-order valence-corrected chi connectivity index (χ0v) is 17.1. The van der Waals surface area contributed by atoms with Gasteiger partial charge in [-0.3, -0.25) is 4.79 Å². The first kappa shape index (κ1) is 19.3. The summed E-state index contributed by atoms with van der Waals surface area (Å²) in [7, 11) is 0. The number of rotatable bonds is 5. The Hall–Kier alpha value is -2.99. The van der Waals surface area contributed by atoms with Gasteiger partial charge in [0.15, 0.2) is 11.5 Å². The third-order valence-electron chi connectivity index (χ3n) is 5.01. The van der Waals surface area contributed by atoms with E-state index in [1.54, 1.807) is 10.9 Å². The number of amides is 1. The van der Waals surface area contributed by atoms with Crippen LogP contribution in [0.4, 0.5) is 0 Å². The molecule has 2 aromatic carbocycles. The molecule has 0 saturated carbocycles. The maximum atomic E-state index is 12.9. The number of aromatic nitrogens is 2. The zero-order valence-electron chi connectivity index (χ0n) is 16.3. The van der Waals surface area contributed by atoms with Gasteiger partial charge >= 0.3 is 0 Å². The Kier molecular flexibility index (Phi) is 5.20. The van der Waals surface area contributed by atoms with Crippen LogP contribution in [-0.4, -0.2) is 28.9 Å². The maximum absolute atomic E-state index is 12.9. The summed E-state index contributed by atoms with van der Waals surface area (Å²) in [6.45, 7) is 5.23. The number of carbonyl (C=O) groups is 1. The van der Waals surface area contributed by atoms with Crippen LogP contribution in [0.25, 0.3) is 5.69 Å². The molecule has 0 saturated heterocycles. The number of halogens is 1. The summed E-state index contributed by atoms with van der Waals surface area (Å²) in [4.78, 5) is 12.9. The van der Waals surface area contributed by atoms with E-state index in [0.717, 1.165) is 16.8 Å². The number of hydrogen-bond donors (Lipinski definition) is 1. The van der Waals surface area contributed by atoms with E-state index in [1.165, 1.54) is 0 Å². The van der Waals surface area contributed by atoms with Gasteiger partial charge in [-0.1, -0.05) is 17.7 Å². The molecule has 150 valence electrons. The van der Waals surface area contributed by atoms with Gasteiger partial charge in [-0.25, -0.2) is 4.68 Å². The Morgan fingerprint density at radius 1 is 1.14 bits per heavy atom. The number of carbonyl (C=O) groups excluding carboxylic acids is 1. The predicted octanol–water partition coefficient (Wildman–Crippen LogP) is 3.89. The SMILES string of the molecule is CC(C)(C(=O)NCc1cnn(-c2ccc(Cl)cc2)c1)c1ccc2c(c1)OCCO2. The number of ether oxygens (including phenoxy) is 2. The fourth-order valence-electron chi connectivity index (χ4n) is 3.15. The second kappa shape index (κ2) is 7.79. The highest BCUT2D eigenvalue weighted by Gasteiger charge is 2.31. The van der Waals surface area contributed by atoms with Crippen LogP contribution in [-0.2, 0) is 16.8 Å². The average Bonchev–Trinajstić information content (AvgIpc) is 3.21. The van der Waals surface area contributed by atoms with Gasteiger partial charge in [-0.15, -0.1) is 0 Å². The smallest absolute Gasteiger partial charge is 0.230 e. The van der Waals surface area contributed by atoms with Gasteiger partial charge in [0, 0.05) is 23.3 Å². The molecular weight excluding hydrogens is 390 g/mol. The Labute approximate surface area is 174 Å². The van der Waals surface area contributed by atoms with Gasteiger partial charge in [0.1, 0.15) is 13.2 Å². The van der Waals surface area contributed by atoms with E-state index in [0.29, 0.717) is 36.3 Å². The lowest BCUT2D eigenvalue weighted by molar-refractivity contribution is -0.125. The fraction of sp³-hybridized carbons (Fsp3) is 0.273. The maximum Gasteiger partial charge on any atom is 0.230 e. The molecule has 0 fully saturated rings. The van der Waals surface area contributed by atoms with Gasteiger partial charge in [0.25, 0.3) is 0 Å². The molecule has 7 heteroatoms. The third kappa shape index (κ3) is 4.07. The van der Waals surface area contributed by atoms with Crippen molar-refractivity contribution in [3.8, 4) is 17.2 Å². The first-order valence-electron chi connectivity index (χ1n) is 9.41. The van der Waals surface area contributed by atoms with Crippen LogP contribution in [0.2, 0.25) is 5.02 Å². The molecule has 1 aromatic heterocycles. The lowest BCUT2D eigenvalue weighted by Crippen LogP contribution is -2.39. The Morgan fingerprint density at radius 2 is 1.86 bits per heavy atom. The molecule has 0 radical (unpaired) electrons. The zero-order chi connectivity index (χ0) is 20.4. The molecule has 1 aliphatic heterocycles. The third-order valence-corrected chi connectivity index (χ3v) is 5.26. The van der Waals surface area contributed by atoms with Gasteiger partial charge in [0.05, 0.1) is 17.3 Å². The number of hydrogen-bond acceptors (Lipinski definition) is 4. The molecule has 0 spiro atoms. The van der Waals surface area contributed by atoms with Crippen molar-refractivity contribution >= 4 is 17.5 Å². The van der Waals surface area contributed by atoms with E-state index in [9.17, 15) is 4.79 Å². The highest BCUT2D eigenvalue weighted by atomic mass is 35.5. The summed E-state index contributed by atoms with van der Waals surface area (Å²) in [5.74, 6) is 1.32. The van der Waals surface area contributed by atoms with Crippen LogP contribution >= 0.6 is 11.6 Å². The summed E-state index contributed by atoms with van der Waals surface area (Å²) in [6, 6.07) is 13.1. The van der Waals surface area contributed by atoms with Crippen molar-refractivity contribution in [3.05, 3.63) is 71.0 Å². The van der Waals surface area contributed by atoms with Crippen LogP contribution in [0, 0.1) is 0 Å². The molecule has 6 nitrogen and oxygen atoms in total. The van der Waals surface area contributed by atoms with Crippen molar-refractivity contribution in [3.63, 3.8) is 0 Å². The van der Waals surface area contributed by atoms with Crippen LogP contribution in [0.1, 0.15) is 25.0 Å². The highest BCUT2D eigenvalue weighted by molar-refractivity contribution is 6.30. The molecule has 0 unspecified atom stereocenters. The first-order valence-corrected chi connectivity index (χ1v) is 9.79. The molecule has 3 aromatic rings. The molecule has 0 aliphatic carbocycles. The van der Waals surface area contributed by atoms with Crippen LogP contribution in [0.5, 0.6) is 11.5 Å². The minimum atomic E-state index is -0.720. The normalized spacial score (nSPS) is 13.2. The summed E-state index contributed by atoms with van der Waals surface area (Å²) in [5.41, 5.74) is 1.97. The summed E-state index contributed by atoms with van der Waals surface area (Å²) < 4.78 is 13.0. The van der Waals surface area contributed by atoms with Crippen molar-refractivity contribution < 1.29 is 14.3 Å². The predicted molar refractivity (Wildman–Crippen MR) is 111 cm³/mol. The summed E-state index contributed by atoms with van der Waals surface area (Å²) >= 11 is 5.93. The van der Waals surface area contributed by atoms with E-state index in [4.69, 9.17) is 21.1 Å². The first-order chi connectivity index (χ1) is 13.9. The van der Waals surface area contributed by atoms with Crippen molar-refractivity contribution in [1.82, 2.24) is 15.1 Å². The Bertz CT molecular complexity index is 1030. The lowest BCUT2D eigenvalue weighted by Gasteiger charge is -2.26. The topological polar surface area (TPSA) is 65.4 Å². The van der Waals surface area contributed by atoms with Gasteiger partial charge in [-0.2, -0.15) is 5.10 Å².